The molecule has 1 unspecified atom stereocenters. The van der Waals surface area contributed by atoms with Gasteiger partial charge in [-0.25, -0.2) is 4.39 Å². The van der Waals surface area contributed by atoms with Crippen molar-refractivity contribution in [1.82, 2.24) is 4.72 Å². The molecule has 0 aliphatic carbocycles. The van der Waals surface area contributed by atoms with Crippen molar-refractivity contribution in [3.63, 3.8) is 0 Å². The van der Waals surface area contributed by atoms with Crippen LogP contribution in [-0.2, 0) is 24.5 Å². The number of benzene rings is 2. The van der Waals surface area contributed by atoms with Crippen LogP contribution in [0.4, 0.5) is 10.3 Å². The van der Waals surface area contributed by atoms with Crippen LogP contribution < -0.4 is 15.1 Å². The lowest BCUT2D eigenvalue weighted by atomic mass is 10.0. The summed E-state index contributed by atoms with van der Waals surface area (Å²) in [5.74, 6) is 0.222. The summed E-state index contributed by atoms with van der Waals surface area (Å²) in [6.07, 6.45) is 0. The third-order valence-corrected chi connectivity index (χ3v) is 7.53. The molecule has 0 saturated heterocycles. The second-order valence-corrected chi connectivity index (χ2v) is 11.6. The smallest absolute Gasteiger partial charge is 0.203 e. The number of hydrogen-bond donors (Lipinski definition) is 1. The largest absolute Gasteiger partial charge is 0.598 e. The van der Waals surface area contributed by atoms with Crippen molar-refractivity contribution >= 4 is 28.2 Å². The van der Waals surface area contributed by atoms with E-state index in [-0.39, 0.29) is 17.3 Å². The van der Waals surface area contributed by atoms with Gasteiger partial charge in [0.05, 0.1) is 17.0 Å². The van der Waals surface area contributed by atoms with Crippen molar-refractivity contribution in [3.05, 3.63) is 74.2 Å². The Morgan fingerprint density at radius 2 is 1.84 bits per heavy atom. The van der Waals surface area contributed by atoms with E-state index in [0.29, 0.717) is 35.5 Å². The minimum atomic E-state index is -1.28. The monoisotopic (exact) mass is 456 g/mol. The molecule has 1 aliphatic rings. The molecule has 4 rings (SSSR count). The topological polar surface area (TPSA) is 68.5 Å². The van der Waals surface area contributed by atoms with Crippen LogP contribution in [0.15, 0.2) is 39.5 Å². The predicted octanol–water partition coefficient (Wildman–Crippen LogP) is 5.18. The summed E-state index contributed by atoms with van der Waals surface area (Å²) in [4.78, 5) is 15.3. The number of fused-ring (bicyclic) bond motifs is 2. The Kier molecular flexibility index (Phi) is 5.86. The van der Waals surface area contributed by atoms with Crippen molar-refractivity contribution in [2.24, 2.45) is 0 Å². The summed E-state index contributed by atoms with van der Waals surface area (Å²) >= 11 is -1.28. The van der Waals surface area contributed by atoms with E-state index in [0.717, 1.165) is 22.3 Å². The molecule has 7 heteroatoms. The van der Waals surface area contributed by atoms with E-state index >= 15 is 0 Å². The molecular weight excluding hydrogens is 427 g/mol. The van der Waals surface area contributed by atoms with Gasteiger partial charge in [0.25, 0.3) is 0 Å². The van der Waals surface area contributed by atoms with Crippen LogP contribution in [0, 0.1) is 19.7 Å². The first-order chi connectivity index (χ1) is 15.0. The Bertz CT molecular complexity index is 1250. The Hall–Kier alpha value is -2.35. The van der Waals surface area contributed by atoms with Crippen LogP contribution >= 0.6 is 0 Å². The van der Waals surface area contributed by atoms with Gasteiger partial charge in [0.15, 0.2) is 5.43 Å². The maximum atomic E-state index is 13.7. The van der Waals surface area contributed by atoms with Gasteiger partial charge in [0.1, 0.15) is 16.1 Å². The van der Waals surface area contributed by atoms with Gasteiger partial charge >= 0.3 is 0 Å². The molecule has 0 fully saturated rings. The third kappa shape index (κ3) is 4.17. The van der Waals surface area contributed by atoms with Gasteiger partial charge in [-0.1, -0.05) is 12.1 Å². The van der Waals surface area contributed by atoms with Gasteiger partial charge in [-0.3, -0.25) is 4.79 Å². The van der Waals surface area contributed by atoms with Crippen molar-refractivity contribution < 1.29 is 13.4 Å². The summed E-state index contributed by atoms with van der Waals surface area (Å²) in [6, 6.07) is 8.28. The fourth-order valence-corrected chi connectivity index (χ4v) is 4.89. The van der Waals surface area contributed by atoms with Crippen LogP contribution in [0.3, 0.4) is 0 Å². The molecule has 32 heavy (non-hydrogen) atoms. The maximum absolute atomic E-state index is 13.7. The van der Waals surface area contributed by atoms with Gasteiger partial charge in [0, 0.05) is 30.0 Å². The molecular formula is C25H29FN2O3S. The molecule has 2 atom stereocenters. The number of halogens is 1. The second-order valence-electron chi connectivity index (χ2n) is 9.58. The summed E-state index contributed by atoms with van der Waals surface area (Å²) in [6.45, 7) is 12.4. The van der Waals surface area contributed by atoms with Crippen molar-refractivity contribution in [2.45, 2.75) is 65.4 Å². The summed E-state index contributed by atoms with van der Waals surface area (Å²) in [7, 11) is 0. The first kappa shape index (κ1) is 22.8. The Balaban J connectivity index is 1.80. The molecule has 0 amide bonds. The number of nitrogens with zero attached hydrogens (tertiary/aromatic N) is 1. The average Bonchev–Trinajstić information content (AvgIpc) is 3.12. The lowest BCUT2D eigenvalue weighted by Crippen LogP contribution is -2.40. The first-order valence-electron chi connectivity index (χ1n) is 10.7. The van der Waals surface area contributed by atoms with Crippen molar-refractivity contribution in [1.29, 1.82) is 0 Å². The number of nitrogens with one attached hydrogen (secondary N) is 1. The Labute approximate surface area is 190 Å². The molecule has 170 valence electrons. The minimum absolute atomic E-state index is 0.0857. The highest BCUT2D eigenvalue weighted by molar-refractivity contribution is 7.90. The molecule has 1 aliphatic heterocycles. The summed E-state index contributed by atoms with van der Waals surface area (Å²) in [5.41, 5.74) is 4.58. The highest BCUT2D eigenvalue weighted by Crippen LogP contribution is 2.34. The van der Waals surface area contributed by atoms with E-state index in [1.54, 1.807) is 13.0 Å². The van der Waals surface area contributed by atoms with E-state index in [2.05, 4.69) is 4.72 Å². The molecule has 0 spiro atoms. The summed E-state index contributed by atoms with van der Waals surface area (Å²) in [5, 5.41) is 0.513. The van der Waals surface area contributed by atoms with Crippen LogP contribution in [-0.4, -0.2) is 9.30 Å². The molecule has 2 aromatic carbocycles. The standard InChI is InChI=1S/C25H29FN2O3S/c1-14-9-20(16(3)27-32(30)25(4,5)6)23-21(10-14)22(29)15(2)24(31-23)28-12-17-7-8-19(26)11-18(17)13-28/h7-11,16,27H,12-13H2,1-6H3/t16-,32?/m0/s1. The predicted molar refractivity (Wildman–Crippen MR) is 128 cm³/mol. The van der Waals surface area contributed by atoms with Crippen LogP contribution in [0.1, 0.15) is 61.6 Å². The van der Waals surface area contributed by atoms with Crippen molar-refractivity contribution in [3.8, 4) is 0 Å². The molecule has 5 nitrogen and oxygen atoms in total. The van der Waals surface area contributed by atoms with E-state index in [9.17, 15) is 13.7 Å². The normalized spacial score (nSPS) is 15.8. The number of aryl methyl sites for hydroxylation is 1. The highest BCUT2D eigenvalue weighted by Gasteiger charge is 2.30. The van der Waals surface area contributed by atoms with E-state index < -0.39 is 16.1 Å². The van der Waals surface area contributed by atoms with Crippen LogP contribution in [0.5, 0.6) is 0 Å². The van der Waals surface area contributed by atoms with E-state index in [1.165, 1.54) is 12.1 Å². The average molecular weight is 457 g/mol. The van der Waals surface area contributed by atoms with E-state index in [4.69, 9.17) is 4.42 Å². The second kappa shape index (κ2) is 8.21. The highest BCUT2D eigenvalue weighted by atomic mass is 32.2. The Morgan fingerprint density at radius 1 is 1.16 bits per heavy atom. The fraction of sp³-hybridized carbons (Fsp3) is 0.400. The third-order valence-electron chi connectivity index (χ3n) is 5.85. The van der Waals surface area contributed by atoms with Crippen LogP contribution in [0.2, 0.25) is 0 Å². The van der Waals surface area contributed by atoms with Gasteiger partial charge in [-0.2, -0.15) is 0 Å². The van der Waals surface area contributed by atoms with Crippen LogP contribution in [0.25, 0.3) is 11.0 Å². The maximum Gasteiger partial charge on any atom is 0.203 e. The molecule has 2 heterocycles. The van der Waals surface area contributed by atoms with Gasteiger partial charge in [-0.15, -0.1) is 4.72 Å². The molecule has 0 radical (unpaired) electrons. The van der Waals surface area contributed by atoms with Gasteiger partial charge in [0.2, 0.25) is 5.88 Å². The van der Waals surface area contributed by atoms with Gasteiger partial charge in [-0.05, 0) is 76.4 Å². The lowest BCUT2D eigenvalue weighted by Gasteiger charge is -2.27. The zero-order valence-corrected chi connectivity index (χ0v) is 20.2. The zero-order valence-electron chi connectivity index (χ0n) is 19.3. The number of anilines is 1. The summed E-state index contributed by atoms with van der Waals surface area (Å²) < 4.78 is 35.5. The molecule has 0 bridgehead atoms. The molecule has 1 aromatic heterocycles. The van der Waals surface area contributed by atoms with Gasteiger partial charge < -0.3 is 13.9 Å². The first-order valence-corrected chi connectivity index (χ1v) is 11.9. The lowest BCUT2D eigenvalue weighted by molar-refractivity contribution is 0.527. The number of rotatable bonds is 4. The molecule has 3 aromatic rings. The van der Waals surface area contributed by atoms with E-state index in [1.807, 2.05) is 51.7 Å². The number of hydrogen-bond acceptors (Lipinski definition) is 5. The minimum Gasteiger partial charge on any atom is -0.598 e. The fourth-order valence-electron chi connectivity index (χ4n) is 4.09. The van der Waals surface area contributed by atoms with Crippen molar-refractivity contribution in [2.75, 3.05) is 4.90 Å². The quantitative estimate of drug-likeness (QED) is 0.548. The zero-order chi connectivity index (χ0) is 23.4. The SMILES string of the molecule is Cc1cc([C@H](C)N[S+]([O-])C(C)(C)C)c2oc(N3Cc4ccc(F)cc4C3)c(C)c(=O)c2c1. The Morgan fingerprint density at radius 3 is 2.53 bits per heavy atom. The molecule has 1 N–H and O–H groups in total. The molecule has 0 saturated carbocycles.